The van der Waals surface area contributed by atoms with Gasteiger partial charge in [0.2, 0.25) is 0 Å². The van der Waals surface area contributed by atoms with Gasteiger partial charge in [0.05, 0.1) is 20.9 Å². The Morgan fingerprint density at radius 3 is 2.32 bits per heavy atom. The van der Waals surface area contributed by atoms with Crippen molar-refractivity contribution in [3.8, 4) is 11.5 Å². The van der Waals surface area contributed by atoms with E-state index in [2.05, 4.69) is 0 Å². The van der Waals surface area contributed by atoms with Crippen LogP contribution in [0.1, 0.15) is 38.8 Å². The molecule has 0 N–H and O–H groups in total. The topological polar surface area (TPSA) is 95.7 Å². The molecular weight excluding hydrogens is 518 g/mol. The number of nitro groups is 1. The van der Waals surface area contributed by atoms with Gasteiger partial charge in [-0.15, -0.1) is 0 Å². The minimum atomic E-state index is -4.59. The van der Waals surface area contributed by atoms with Crippen LogP contribution in [0.15, 0.2) is 30.3 Å². The molecule has 1 atom stereocenters. The van der Waals surface area contributed by atoms with Gasteiger partial charge in [-0.05, 0) is 45.4 Å². The van der Waals surface area contributed by atoms with E-state index in [-0.39, 0.29) is 34.2 Å². The van der Waals surface area contributed by atoms with Gasteiger partial charge < -0.3 is 9.47 Å². The van der Waals surface area contributed by atoms with Crippen molar-refractivity contribution in [3.63, 3.8) is 0 Å². The van der Waals surface area contributed by atoms with Gasteiger partial charge in [-0.2, -0.15) is 13.2 Å². The first-order valence-electron chi connectivity index (χ1n) is 9.78. The maximum atomic E-state index is 12.9. The molecule has 7 nitrogen and oxygen atoms in total. The molecular formula is C21H21ClF3NO6PS+. The summed E-state index contributed by atoms with van der Waals surface area (Å²) in [6.07, 6.45) is -4.31. The molecule has 34 heavy (non-hydrogen) atoms. The molecule has 0 amide bonds. The van der Waals surface area contributed by atoms with Crippen LogP contribution < -0.4 is 10.0 Å². The van der Waals surface area contributed by atoms with E-state index in [0.29, 0.717) is 23.0 Å². The van der Waals surface area contributed by atoms with Crippen LogP contribution in [0.5, 0.6) is 11.5 Å². The molecule has 0 aromatic heterocycles. The van der Waals surface area contributed by atoms with E-state index in [4.69, 9.17) is 21.1 Å². The summed E-state index contributed by atoms with van der Waals surface area (Å²) < 4.78 is 62.2. The summed E-state index contributed by atoms with van der Waals surface area (Å²) in [4.78, 5) is 22.8. The van der Waals surface area contributed by atoms with E-state index < -0.39 is 40.7 Å². The Hall–Kier alpha value is -2.36. The van der Waals surface area contributed by atoms with Crippen LogP contribution in [0.4, 0.5) is 18.9 Å². The van der Waals surface area contributed by atoms with Crippen molar-refractivity contribution in [2.75, 3.05) is 5.94 Å². The van der Waals surface area contributed by atoms with Crippen molar-refractivity contribution < 1.29 is 36.9 Å². The Bertz CT molecular complexity index is 1120. The van der Waals surface area contributed by atoms with Gasteiger partial charge in [0, 0.05) is 17.7 Å². The highest BCUT2D eigenvalue weighted by Crippen LogP contribution is 2.43. The van der Waals surface area contributed by atoms with Gasteiger partial charge in [0.25, 0.3) is 5.30 Å². The summed E-state index contributed by atoms with van der Waals surface area (Å²) in [7, 11) is -2.45. The lowest BCUT2D eigenvalue weighted by Gasteiger charge is -2.14. The minimum absolute atomic E-state index is 0.0559. The second-order valence-corrected chi connectivity index (χ2v) is 11.7. The number of nitro benzene ring substituents is 1. The number of carbonyl (C=O) groups excluding carboxylic acids is 1. The third-order valence-electron chi connectivity index (χ3n) is 4.38. The standard InChI is InChI=1S/C21H21ClF3NO6PS/c1-5-12-8-15(26(28)29)18(33(30)34-11-31-19(27)20(2,3)4)10-17(12)32-16-7-6-13(9-14(16)22)21(23,24)25/h6-10H,5,11H2,1-4H3/q+1. The number of ether oxygens (including phenoxy) is 2. The van der Waals surface area contributed by atoms with Crippen LogP contribution >= 0.6 is 30.0 Å². The number of halogens is 4. The number of esters is 1. The van der Waals surface area contributed by atoms with Crippen LogP contribution in [0.2, 0.25) is 5.02 Å². The van der Waals surface area contributed by atoms with Gasteiger partial charge in [0.15, 0.2) is 17.3 Å². The predicted molar refractivity (Wildman–Crippen MR) is 124 cm³/mol. The number of hydrogen-bond donors (Lipinski definition) is 0. The van der Waals surface area contributed by atoms with Gasteiger partial charge in [-0.3, -0.25) is 14.9 Å². The summed E-state index contributed by atoms with van der Waals surface area (Å²) in [6, 6.07) is 4.92. The van der Waals surface area contributed by atoms with Crippen LogP contribution in [0.3, 0.4) is 0 Å². The highest BCUT2D eigenvalue weighted by atomic mass is 35.5. The summed E-state index contributed by atoms with van der Waals surface area (Å²) in [6.45, 7) is 6.62. The zero-order chi connectivity index (χ0) is 25.8. The molecule has 2 aromatic rings. The second kappa shape index (κ2) is 10.9. The fourth-order valence-corrected chi connectivity index (χ4v) is 5.03. The number of benzene rings is 2. The Morgan fingerprint density at radius 1 is 1.18 bits per heavy atom. The summed E-state index contributed by atoms with van der Waals surface area (Å²) in [5.74, 6) is -0.870. The van der Waals surface area contributed by atoms with Crippen LogP contribution in [0.25, 0.3) is 0 Å². The van der Waals surface area contributed by atoms with Crippen molar-refractivity contribution in [2.24, 2.45) is 5.41 Å². The zero-order valence-corrected chi connectivity index (χ0v) is 21.0. The Balaban J connectivity index is 2.37. The van der Waals surface area contributed by atoms with E-state index >= 15 is 0 Å². The molecule has 2 rings (SSSR count). The maximum Gasteiger partial charge on any atom is 0.460 e. The lowest BCUT2D eigenvalue weighted by Crippen LogP contribution is -2.22. The van der Waals surface area contributed by atoms with Crippen LogP contribution in [-0.4, -0.2) is 16.8 Å². The van der Waals surface area contributed by atoms with Gasteiger partial charge in [-0.25, -0.2) is 0 Å². The van der Waals surface area contributed by atoms with E-state index in [1.807, 2.05) is 0 Å². The number of nitrogens with zero attached hydrogens (tertiary/aromatic N) is 1. The number of aryl methyl sites for hydroxylation is 1. The molecule has 0 aliphatic heterocycles. The van der Waals surface area contributed by atoms with Gasteiger partial charge >= 0.3 is 24.8 Å². The maximum absolute atomic E-state index is 12.9. The average Bonchev–Trinajstić information content (AvgIpc) is 2.72. The molecule has 0 radical (unpaired) electrons. The molecule has 0 saturated heterocycles. The third-order valence-corrected chi connectivity index (χ3v) is 7.50. The molecule has 0 spiro atoms. The van der Waals surface area contributed by atoms with Crippen molar-refractivity contribution in [1.82, 2.24) is 0 Å². The number of carbonyl (C=O) groups is 1. The monoisotopic (exact) mass is 538 g/mol. The first-order chi connectivity index (χ1) is 15.6. The van der Waals surface area contributed by atoms with Crippen molar-refractivity contribution >= 4 is 46.9 Å². The van der Waals surface area contributed by atoms with Crippen molar-refractivity contribution in [2.45, 2.75) is 40.3 Å². The molecule has 2 aromatic carbocycles. The molecule has 13 heteroatoms. The fraction of sp³-hybridized carbons (Fsp3) is 0.381. The molecule has 0 aliphatic rings. The highest BCUT2D eigenvalue weighted by molar-refractivity contribution is 8.53. The normalized spacial score (nSPS) is 12.3. The van der Waals surface area contributed by atoms with Crippen molar-refractivity contribution in [3.05, 3.63) is 56.6 Å². The Labute approximate surface area is 203 Å². The summed E-state index contributed by atoms with van der Waals surface area (Å²) >= 11 is 6.65. The van der Waals surface area contributed by atoms with E-state index in [1.165, 1.54) is 12.1 Å². The highest BCUT2D eigenvalue weighted by Gasteiger charge is 2.36. The summed E-state index contributed by atoms with van der Waals surface area (Å²) in [5, 5.41) is 11.1. The molecule has 0 heterocycles. The van der Waals surface area contributed by atoms with Gasteiger partial charge in [-0.1, -0.05) is 23.1 Å². The molecule has 0 bridgehead atoms. The smallest absolute Gasteiger partial charge is 0.455 e. The first kappa shape index (κ1) is 27.9. The Kier molecular flexibility index (Phi) is 8.96. The largest absolute Gasteiger partial charge is 0.460 e. The lowest BCUT2D eigenvalue weighted by molar-refractivity contribution is -0.383. The zero-order valence-electron chi connectivity index (χ0n) is 18.6. The van der Waals surface area contributed by atoms with Crippen molar-refractivity contribution in [1.29, 1.82) is 0 Å². The molecule has 0 saturated carbocycles. The summed E-state index contributed by atoms with van der Waals surface area (Å²) in [5.41, 5.74) is -1.80. The molecule has 0 fully saturated rings. The fourth-order valence-electron chi connectivity index (χ4n) is 2.56. The lowest BCUT2D eigenvalue weighted by atomic mass is 9.98. The first-order valence-corrected chi connectivity index (χ1v) is 13.0. The average molecular weight is 539 g/mol. The van der Waals surface area contributed by atoms with E-state index in [9.17, 15) is 32.6 Å². The number of rotatable bonds is 8. The van der Waals surface area contributed by atoms with E-state index in [1.54, 1.807) is 27.7 Å². The minimum Gasteiger partial charge on any atom is -0.455 e. The van der Waals surface area contributed by atoms with E-state index in [0.717, 1.165) is 12.1 Å². The Morgan fingerprint density at radius 2 is 1.82 bits per heavy atom. The SMILES string of the molecule is CCc1cc([N+](=O)[O-])c([P+](=O)SCOC(=O)C(C)(C)C)cc1Oc1ccc(C(F)(F)F)cc1Cl. The van der Waals surface area contributed by atoms with Crippen LogP contribution in [0, 0.1) is 15.5 Å². The van der Waals surface area contributed by atoms with Gasteiger partial charge in [0.1, 0.15) is 11.5 Å². The quantitative estimate of drug-likeness (QED) is 0.115. The molecule has 184 valence electrons. The predicted octanol–water partition coefficient (Wildman–Crippen LogP) is 7.27. The number of alkyl halides is 3. The third kappa shape index (κ3) is 7.07. The number of hydrogen-bond acceptors (Lipinski definition) is 7. The molecule has 0 aliphatic carbocycles. The van der Waals surface area contributed by atoms with Crippen LogP contribution in [-0.2, 0) is 26.7 Å². The molecule has 1 unspecified atom stereocenters. The second-order valence-electron chi connectivity index (χ2n) is 7.99.